The Labute approximate surface area is 200 Å². The van der Waals surface area contributed by atoms with Crippen molar-refractivity contribution in [3.8, 4) is 0 Å². The summed E-state index contributed by atoms with van der Waals surface area (Å²) in [6.07, 6.45) is 9.65. The molecule has 3 aliphatic rings. The van der Waals surface area contributed by atoms with Gasteiger partial charge in [0.1, 0.15) is 0 Å². The number of hydrogen-bond donors (Lipinski definition) is 5. The Bertz CT molecular complexity index is 776. The number of aliphatic hydroxyl groups is 3. The third-order valence-corrected chi connectivity index (χ3v) is 8.70. The molecule has 6 heteroatoms. The van der Waals surface area contributed by atoms with Gasteiger partial charge >= 0.3 is 0 Å². The van der Waals surface area contributed by atoms with E-state index in [2.05, 4.69) is 44.3 Å². The van der Waals surface area contributed by atoms with Gasteiger partial charge in [0.05, 0.1) is 23.4 Å². The monoisotopic (exact) mass is 462 g/mol. The molecule has 188 valence electrons. The van der Waals surface area contributed by atoms with Gasteiger partial charge in [0.15, 0.2) is 0 Å². The van der Waals surface area contributed by atoms with Crippen molar-refractivity contribution in [2.24, 2.45) is 35.3 Å². The third-order valence-electron chi connectivity index (χ3n) is 8.70. The molecule has 3 rings (SSSR count). The summed E-state index contributed by atoms with van der Waals surface area (Å²) < 4.78 is 6.41. The number of nitrogens with two attached hydrogens (primary N) is 1. The van der Waals surface area contributed by atoms with Crippen molar-refractivity contribution in [3.05, 3.63) is 35.5 Å². The summed E-state index contributed by atoms with van der Waals surface area (Å²) in [5, 5.41) is 34.5. The molecule has 0 radical (unpaired) electrons. The van der Waals surface area contributed by atoms with E-state index in [1.165, 1.54) is 5.57 Å². The Balaban J connectivity index is 1.93. The van der Waals surface area contributed by atoms with Gasteiger partial charge in [-0.25, -0.2) is 0 Å². The summed E-state index contributed by atoms with van der Waals surface area (Å²) in [4.78, 5) is 0. The second-order valence-corrected chi connectivity index (χ2v) is 11.1. The summed E-state index contributed by atoms with van der Waals surface area (Å²) >= 11 is 0. The summed E-state index contributed by atoms with van der Waals surface area (Å²) in [6.45, 7) is 13.4. The first-order valence-electron chi connectivity index (χ1n) is 12.6. The normalized spacial score (nSPS) is 43.2. The van der Waals surface area contributed by atoms with Crippen molar-refractivity contribution < 1.29 is 20.1 Å². The first-order chi connectivity index (χ1) is 15.5. The molecule has 3 fully saturated rings. The summed E-state index contributed by atoms with van der Waals surface area (Å²) in [7, 11) is 0. The highest BCUT2D eigenvalue weighted by Crippen LogP contribution is 2.64. The topological polar surface area (TPSA) is 111 Å². The standard InChI is InChI=1S/C27H46N2O4/c1-7-16(2)23-19(10-8-9-17(3)24(31)18(4)15-30)20-13-22(29-12-11-28)26(5,32)14-21(20)25-27(23,6)33-25/h7-10,18-25,29-32H,11-15,28H2,1-6H3/b10-8+,16-7+,17-9+/t18-,19-,20-,21+,22+,23-,24+,25-,26+,27+/m0/s1. The minimum Gasteiger partial charge on any atom is -0.396 e. The van der Waals surface area contributed by atoms with Crippen molar-refractivity contribution in [2.45, 2.75) is 83.8 Å². The number of nitrogens with one attached hydrogen (secondary N) is 1. The molecule has 0 unspecified atom stereocenters. The lowest BCUT2D eigenvalue weighted by Crippen LogP contribution is -2.60. The fourth-order valence-electron chi connectivity index (χ4n) is 6.61. The zero-order chi connectivity index (χ0) is 24.6. The van der Waals surface area contributed by atoms with Gasteiger partial charge in [-0.05, 0) is 70.8 Å². The predicted octanol–water partition coefficient (Wildman–Crippen LogP) is 2.54. The van der Waals surface area contributed by atoms with Gasteiger partial charge in [-0.1, -0.05) is 36.8 Å². The Kier molecular flexibility index (Phi) is 8.30. The van der Waals surface area contributed by atoms with E-state index in [-0.39, 0.29) is 42.1 Å². The van der Waals surface area contributed by atoms with Crippen LogP contribution in [-0.2, 0) is 4.74 Å². The number of aliphatic hydroxyl groups excluding tert-OH is 2. The van der Waals surface area contributed by atoms with E-state index < -0.39 is 11.7 Å². The van der Waals surface area contributed by atoms with Crippen molar-refractivity contribution in [3.63, 3.8) is 0 Å². The van der Waals surface area contributed by atoms with Gasteiger partial charge in [0.25, 0.3) is 0 Å². The molecule has 2 aliphatic carbocycles. The van der Waals surface area contributed by atoms with E-state index in [0.29, 0.717) is 31.3 Å². The van der Waals surface area contributed by atoms with Crippen molar-refractivity contribution in [1.82, 2.24) is 5.32 Å². The van der Waals surface area contributed by atoms with Gasteiger partial charge in [-0.2, -0.15) is 0 Å². The second-order valence-electron chi connectivity index (χ2n) is 11.1. The van der Waals surface area contributed by atoms with E-state index in [1.54, 1.807) is 0 Å². The molecule has 1 saturated heterocycles. The predicted molar refractivity (Wildman–Crippen MR) is 133 cm³/mol. The fourth-order valence-corrected chi connectivity index (χ4v) is 6.61. The van der Waals surface area contributed by atoms with Crippen LogP contribution in [0, 0.1) is 29.6 Å². The van der Waals surface area contributed by atoms with Crippen molar-refractivity contribution >= 4 is 0 Å². The highest BCUT2D eigenvalue weighted by atomic mass is 16.6. The molecule has 6 nitrogen and oxygen atoms in total. The Morgan fingerprint density at radius 3 is 2.58 bits per heavy atom. The Morgan fingerprint density at radius 2 is 1.97 bits per heavy atom. The Morgan fingerprint density at radius 1 is 1.27 bits per heavy atom. The zero-order valence-electron chi connectivity index (χ0n) is 21.3. The van der Waals surface area contributed by atoms with E-state index in [1.807, 2.05) is 26.8 Å². The van der Waals surface area contributed by atoms with Crippen LogP contribution in [0.15, 0.2) is 35.5 Å². The van der Waals surface area contributed by atoms with Gasteiger partial charge in [-0.15, -0.1) is 0 Å². The molecule has 0 bridgehead atoms. The maximum absolute atomic E-state index is 11.3. The minimum absolute atomic E-state index is 0.00243. The number of allylic oxidation sites excluding steroid dienone is 4. The molecule has 0 aromatic rings. The van der Waals surface area contributed by atoms with Gasteiger partial charge < -0.3 is 31.1 Å². The first-order valence-corrected chi connectivity index (χ1v) is 12.6. The summed E-state index contributed by atoms with van der Waals surface area (Å²) in [5.74, 6) is 1.04. The van der Waals surface area contributed by atoms with Crippen LogP contribution < -0.4 is 11.1 Å². The smallest absolute Gasteiger partial charge is 0.0993 e. The van der Waals surface area contributed by atoms with Crippen LogP contribution >= 0.6 is 0 Å². The number of ether oxygens (including phenoxy) is 1. The average molecular weight is 463 g/mol. The largest absolute Gasteiger partial charge is 0.396 e. The van der Waals surface area contributed by atoms with E-state index in [0.717, 1.165) is 12.0 Å². The molecule has 0 aromatic heterocycles. The second kappa shape index (κ2) is 10.3. The van der Waals surface area contributed by atoms with Crippen molar-refractivity contribution in [2.75, 3.05) is 19.7 Å². The molecular formula is C27H46N2O4. The van der Waals surface area contributed by atoms with Crippen LogP contribution in [0.25, 0.3) is 0 Å². The molecule has 1 heterocycles. The zero-order valence-corrected chi connectivity index (χ0v) is 21.3. The highest BCUT2D eigenvalue weighted by Gasteiger charge is 2.70. The molecule has 0 spiro atoms. The van der Waals surface area contributed by atoms with Crippen molar-refractivity contribution in [1.29, 1.82) is 0 Å². The van der Waals surface area contributed by atoms with Crippen LogP contribution in [0.3, 0.4) is 0 Å². The van der Waals surface area contributed by atoms with Crippen LogP contribution in [0.2, 0.25) is 0 Å². The third kappa shape index (κ3) is 5.16. The van der Waals surface area contributed by atoms with Crippen LogP contribution in [0.5, 0.6) is 0 Å². The van der Waals surface area contributed by atoms with E-state index in [9.17, 15) is 15.3 Å². The van der Waals surface area contributed by atoms with E-state index in [4.69, 9.17) is 10.5 Å². The molecule has 0 aromatic carbocycles. The maximum atomic E-state index is 11.3. The number of fused-ring (bicyclic) bond motifs is 3. The van der Waals surface area contributed by atoms with Gasteiger partial charge in [-0.3, -0.25) is 0 Å². The molecule has 0 amide bonds. The van der Waals surface area contributed by atoms with E-state index >= 15 is 0 Å². The van der Waals surface area contributed by atoms with Crippen LogP contribution in [0.1, 0.15) is 54.4 Å². The average Bonchev–Trinajstić information content (AvgIpc) is 3.47. The van der Waals surface area contributed by atoms with Gasteiger partial charge in [0.2, 0.25) is 0 Å². The number of rotatable bonds is 9. The molecule has 1 aliphatic heterocycles. The summed E-state index contributed by atoms with van der Waals surface area (Å²) in [5.41, 5.74) is 6.94. The maximum Gasteiger partial charge on any atom is 0.0993 e. The molecule has 10 atom stereocenters. The molecular weight excluding hydrogens is 416 g/mol. The minimum atomic E-state index is -0.791. The van der Waals surface area contributed by atoms with Crippen LogP contribution in [0.4, 0.5) is 0 Å². The first kappa shape index (κ1) is 26.6. The number of epoxide rings is 1. The lowest BCUT2D eigenvalue weighted by molar-refractivity contribution is -0.0704. The van der Waals surface area contributed by atoms with Gasteiger partial charge in [0, 0.05) is 37.6 Å². The quantitative estimate of drug-likeness (QED) is 0.205. The number of hydrogen-bond acceptors (Lipinski definition) is 6. The lowest BCUT2D eigenvalue weighted by atomic mass is 9.54. The fraction of sp³-hybridized carbons (Fsp3) is 0.778. The molecule has 2 saturated carbocycles. The molecule has 6 N–H and O–H groups in total. The van der Waals surface area contributed by atoms with Crippen LogP contribution in [-0.4, -0.2) is 64.5 Å². The lowest BCUT2D eigenvalue weighted by Gasteiger charge is -2.52. The highest BCUT2D eigenvalue weighted by molar-refractivity contribution is 5.29. The SMILES string of the molecule is C/C=C(\C)[C@H]1[C@@H](/C=C/C=C(\C)[C@@H](O)[C@@H](C)CO)[C@@H]2C[C@@H](NCCN)[C@](C)(O)C[C@H]2[C@@H]2O[C@@]21C. The summed E-state index contributed by atoms with van der Waals surface area (Å²) in [6, 6.07) is -0.00243. The Hall–Kier alpha value is -1.02. The molecule has 33 heavy (non-hydrogen) atoms.